The van der Waals surface area contributed by atoms with Crippen LogP contribution in [0.15, 0.2) is 17.1 Å². The Bertz CT molecular complexity index is 377. The lowest BCUT2D eigenvalue weighted by Gasteiger charge is -2.03. The summed E-state index contributed by atoms with van der Waals surface area (Å²) in [5, 5.41) is 0. The number of aromatic nitrogens is 1. The third-order valence-electron chi connectivity index (χ3n) is 1.81. The number of hydrogen-bond acceptors (Lipinski definition) is 2. The number of pyridine rings is 1. The highest BCUT2D eigenvalue weighted by atomic mass is 16.1. The number of nitrogens with zero attached hydrogens (tertiary/aromatic N) is 1. The Labute approximate surface area is 70.6 Å². The largest absolute Gasteiger partial charge is 0.318 e. The van der Waals surface area contributed by atoms with Crippen molar-refractivity contribution in [3.8, 4) is 0 Å². The molecule has 1 rings (SSSR count). The van der Waals surface area contributed by atoms with Crippen molar-refractivity contribution in [2.75, 3.05) is 0 Å². The fourth-order valence-corrected chi connectivity index (χ4v) is 1.09. The van der Waals surface area contributed by atoms with Crippen LogP contribution in [0.2, 0.25) is 0 Å². The highest BCUT2D eigenvalue weighted by molar-refractivity contribution is 5.95. The Kier molecular flexibility index (Phi) is 2.13. The van der Waals surface area contributed by atoms with Gasteiger partial charge in [0.05, 0.1) is 0 Å². The van der Waals surface area contributed by atoms with Gasteiger partial charge in [0, 0.05) is 24.9 Å². The van der Waals surface area contributed by atoms with Gasteiger partial charge in [0.1, 0.15) is 0 Å². The lowest BCUT2D eigenvalue weighted by Crippen LogP contribution is -2.17. The zero-order chi connectivity index (χ0) is 9.30. The van der Waals surface area contributed by atoms with E-state index in [0.717, 1.165) is 5.56 Å². The highest BCUT2D eigenvalue weighted by Gasteiger charge is 2.04. The third-order valence-corrected chi connectivity index (χ3v) is 1.81. The molecular formula is C9H11NO2. The van der Waals surface area contributed by atoms with Crippen LogP contribution in [0.3, 0.4) is 0 Å². The van der Waals surface area contributed by atoms with Crippen LogP contribution in [0, 0.1) is 6.92 Å². The van der Waals surface area contributed by atoms with E-state index in [4.69, 9.17) is 0 Å². The smallest absolute Gasteiger partial charge is 0.250 e. The Hall–Kier alpha value is -1.38. The summed E-state index contributed by atoms with van der Waals surface area (Å²) < 4.78 is 1.41. The van der Waals surface area contributed by atoms with E-state index in [1.165, 1.54) is 17.6 Å². The summed E-state index contributed by atoms with van der Waals surface area (Å²) in [6, 6.07) is 1.47. The highest BCUT2D eigenvalue weighted by Crippen LogP contribution is 2.03. The quantitative estimate of drug-likeness (QED) is 0.580. The number of Topliss-reactive ketones (excluding diaryl/α,β-unsaturated/α-hetero) is 1. The molecule has 12 heavy (non-hydrogen) atoms. The van der Waals surface area contributed by atoms with Gasteiger partial charge in [0.2, 0.25) is 0 Å². The molecule has 0 amide bonds. The van der Waals surface area contributed by atoms with Crippen LogP contribution in [-0.2, 0) is 7.05 Å². The maximum absolute atomic E-state index is 11.1. The first kappa shape index (κ1) is 8.71. The van der Waals surface area contributed by atoms with E-state index in [1.54, 1.807) is 20.2 Å². The van der Waals surface area contributed by atoms with Crippen molar-refractivity contribution < 1.29 is 4.79 Å². The fraction of sp³-hybridized carbons (Fsp3) is 0.333. The fourth-order valence-electron chi connectivity index (χ4n) is 1.09. The first-order chi connectivity index (χ1) is 5.52. The summed E-state index contributed by atoms with van der Waals surface area (Å²) >= 11 is 0. The molecule has 0 saturated heterocycles. The molecule has 0 aliphatic heterocycles. The summed E-state index contributed by atoms with van der Waals surface area (Å²) in [5.41, 5.74) is 1.26. The van der Waals surface area contributed by atoms with Gasteiger partial charge in [-0.3, -0.25) is 9.59 Å². The maximum Gasteiger partial charge on any atom is 0.250 e. The van der Waals surface area contributed by atoms with Gasteiger partial charge in [-0.2, -0.15) is 0 Å². The van der Waals surface area contributed by atoms with Crippen molar-refractivity contribution >= 4 is 5.78 Å². The zero-order valence-corrected chi connectivity index (χ0v) is 7.42. The van der Waals surface area contributed by atoms with Crippen molar-refractivity contribution in [1.29, 1.82) is 0 Å². The van der Waals surface area contributed by atoms with Crippen molar-refractivity contribution in [2.24, 2.45) is 7.05 Å². The van der Waals surface area contributed by atoms with E-state index in [0.29, 0.717) is 5.56 Å². The number of aryl methyl sites for hydroxylation is 2. The molecule has 3 heteroatoms. The second kappa shape index (κ2) is 2.93. The minimum atomic E-state index is -0.0856. The Morgan fingerprint density at radius 2 is 2.08 bits per heavy atom. The van der Waals surface area contributed by atoms with E-state index in [9.17, 15) is 9.59 Å². The lowest BCUT2D eigenvalue weighted by molar-refractivity contribution is 0.101. The molecule has 0 bridgehead atoms. The van der Waals surface area contributed by atoms with Crippen molar-refractivity contribution in [3.05, 3.63) is 33.7 Å². The molecule has 0 aromatic carbocycles. The minimum absolute atomic E-state index is 0.0110. The molecule has 0 aliphatic rings. The van der Waals surface area contributed by atoms with E-state index >= 15 is 0 Å². The number of hydrogen-bond donors (Lipinski definition) is 0. The van der Waals surface area contributed by atoms with Gasteiger partial charge in [-0.05, 0) is 19.4 Å². The van der Waals surface area contributed by atoms with Gasteiger partial charge in [-0.1, -0.05) is 0 Å². The molecule has 0 saturated carbocycles. The first-order valence-corrected chi connectivity index (χ1v) is 3.70. The molecule has 0 spiro atoms. The van der Waals surface area contributed by atoms with Gasteiger partial charge in [-0.25, -0.2) is 0 Å². The molecular weight excluding hydrogens is 154 g/mol. The molecule has 0 aliphatic carbocycles. The van der Waals surface area contributed by atoms with E-state index < -0.39 is 0 Å². The Morgan fingerprint density at radius 3 is 2.58 bits per heavy atom. The third kappa shape index (κ3) is 1.44. The van der Waals surface area contributed by atoms with Crippen LogP contribution in [0.25, 0.3) is 0 Å². The Balaban J connectivity index is 3.43. The second-order valence-corrected chi connectivity index (χ2v) is 2.88. The van der Waals surface area contributed by atoms with Crippen LogP contribution >= 0.6 is 0 Å². The first-order valence-electron chi connectivity index (χ1n) is 3.70. The summed E-state index contributed by atoms with van der Waals surface area (Å²) in [4.78, 5) is 22.1. The normalized spacial score (nSPS) is 9.92. The summed E-state index contributed by atoms with van der Waals surface area (Å²) in [6.45, 7) is 3.25. The van der Waals surface area contributed by atoms with E-state index in [-0.39, 0.29) is 11.3 Å². The minimum Gasteiger partial charge on any atom is -0.318 e. The van der Waals surface area contributed by atoms with Crippen molar-refractivity contribution in [3.63, 3.8) is 0 Å². The molecule has 0 unspecified atom stereocenters. The van der Waals surface area contributed by atoms with Crippen LogP contribution in [0.1, 0.15) is 22.8 Å². The van der Waals surface area contributed by atoms with E-state index in [1.807, 2.05) is 0 Å². The van der Waals surface area contributed by atoms with Gasteiger partial charge >= 0.3 is 0 Å². The maximum atomic E-state index is 11.1. The Morgan fingerprint density at radius 1 is 1.50 bits per heavy atom. The standard InChI is InChI=1S/C9H11NO2/c1-6-4-9(12)10(3)5-8(6)7(2)11/h4-5H,1-3H3. The van der Waals surface area contributed by atoms with Gasteiger partial charge < -0.3 is 4.57 Å². The predicted octanol–water partition coefficient (Wildman–Crippen LogP) is 0.896. The topological polar surface area (TPSA) is 39.1 Å². The molecule has 1 aromatic rings. The van der Waals surface area contributed by atoms with Crippen LogP contribution < -0.4 is 5.56 Å². The number of ketones is 1. The number of rotatable bonds is 1. The number of carbonyl (C=O) groups is 1. The van der Waals surface area contributed by atoms with Gasteiger partial charge in [0.15, 0.2) is 5.78 Å². The predicted molar refractivity (Wildman–Crippen MR) is 46.4 cm³/mol. The van der Waals surface area contributed by atoms with Crippen molar-refractivity contribution in [2.45, 2.75) is 13.8 Å². The molecule has 0 radical (unpaired) electrons. The average Bonchev–Trinajstić information content (AvgIpc) is 1.96. The van der Waals surface area contributed by atoms with Gasteiger partial charge in [-0.15, -0.1) is 0 Å². The van der Waals surface area contributed by atoms with Gasteiger partial charge in [0.25, 0.3) is 5.56 Å². The molecule has 1 aromatic heterocycles. The van der Waals surface area contributed by atoms with Crippen LogP contribution in [-0.4, -0.2) is 10.4 Å². The molecule has 0 atom stereocenters. The zero-order valence-electron chi connectivity index (χ0n) is 7.42. The molecule has 3 nitrogen and oxygen atoms in total. The van der Waals surface area contributed by atoms with E-state index in [2.05, 4.69) is 0 Å². The molecule has 0 N–H and O–H groups in total. The lowest BCUT2D eigenvalue weighted by atomic mass is 10.1. The molecule has 1 heterocycles. The monoisotopic (exact) mass is 165 g/mol. The summed E-state index contributed by atoms with van der Waals surface area (Å²) in [5.74, 6) is -0.0110. The molecule has 0 fully saturated rings. The summed E-state index contributed by atoms with van der Waals surface area (Å²) in [7, 11) is 1.63. The van der Waals surface area contributed by atoms with Crippen LogP contribution in [0.4, 0.5) is 0 Å². The second-order valence-electron chi connectivity index (χ2n) is 2.88. The SMILES string of the molecule is CC(=O)c1cn(C)c(=O)cc1C. The molecule has 64 valence electrons. The number of carbonyl (C=O) groups excluding carboxylic acids is 1. The average molecular weight is 165 g/mol. The van der Waals surface area contributed by atoms with Crippen LogP contribution in [0.5, 0.6) is 0 Å². The summed E-state index contributed by atoms with van der Waals surface area (Å²) in [6.07, 6.45) is 1.57. The van der Waals surface area contributed by atoms with Crippen molar-refractivity contribution in [1.82, 2.24) is 4.57 Å².